The van der Waals surface area contributed by atoms with Crippen LogP contribution in [0.2, 0.25) is 0 Å². The molecule has 1 atom stereocenters. The van der Waals surface area contributed by atoms with Crippen molar-refractivity contribution in [3.63, 3.8) is 0 Å². The molecule has 1 amide bonds. The Morgan fingerprint density at radius 1 is 1.05 bits per heavy atom. The van der Waals surface area contributed by atoms with Gasteiger partial charge in [0.1, 0.15) is 5.75 Å². The van der Waals surface area contributed by atoms with E-state index in [9.17, 15) is 4.79 Å². The van der Waals surface area contributed by atoms with Crippen LogP contribution in [0.3, 0.4) is 0 Å². The van der Waals surface area contributed by atoms with E-state index in [2.05, 4.69) is 18.3 Å². The summed E-state index contributed by atoms with van der Waals surface area (Å²) >= 11 is 0. The molecule has 0 saturated carbocycles. The van der Waals surface area contributed by atoms with Gasteiger partial charge in [0.15, 0.2) is 0 Å². The van der Waals surface area contributed by atoms with Gasteiger partial charge in [-0.1, -0.05) is 36.4 Å². The number of amides is 1. The number of rotatable bonds is 1. The Morgan fingerprint density at radius 2 is 1.75 bits per heavy atom. The molecule has 1 heterocycles. The number of aryl methyl sites for hydroxylation is 2. The number of ether oxygens (including phenoxy) is 1. The molecule has 1 aliphatic rings. The second-order valence-electron chi connectivity index (χ2n) is 5.24. The van der Waals surface area contributed by atoms with Gasteiger partial charge in [-0.25, -0.2) is 0 Å². The lowest BCUT2D eigenvalue weighted by Crippen LogP contribution is -2.31. The SMILES string of the molecule is Cc1cc(C)c2c(c1C)OC(c1ccccc1)C(=O)N2. The third-order valence-electron chi connectivity index (χ3n) is 3.81. The van der Waals surface area contributed by atoms with Gasteiger partial charge in [0.2, 0.25) is 6.10 Å². The number of hydrogen-bond donors (Lipinski definition) is 1. The topological polar surface area (TPSA) is 38.3 Å². The molecule has 1 aliphatic heterocycles. The molecule has 3 nitrogen and oxygen atoms in total. The molecule has 0 radical (unpaired) electrons. The van der Waals surface area contributed by atoms with E-state index in [1.165, 1.54) is 5.56 Å². The lowest BCUT2D eigenvalue weighted by molar-refractivity contribution is -0.123. The van der Waals surface area contributed by atoms with Crippen LogP contribution in [-0.2, 0) is 4.79 Å². The number of hydrogen-bond acceptors (Lipinski definition) is 2. The van der Waals surface area contributed by atoms with E-state index in [-0.39, 0.29) is 5.91 Å². The van der Waals surface area contributed by atoms with Crippen molar-refractivity contribution in [2.24, 2.45) is 0 Å². The number of anilines is 1. The quantitative estimate of drug-likeness (QED) is 0.855. The van der Waals surface area contributed by atoms with E-state index < -0.39 is 6.10 Å². The largest absolute Gasteiger partial charge is 0.473 e. The van der Waals surface area contributed by atoms with Gasteiger partial charge in [-0.05, 0) is 37.5 Å². The van der Waals surface area contributed by atoms with Crippen molar-refractivity contribution < 1.29 is 9.53 Å². The van der Waals surface area contributed by atoms with Crippen molar-refractivity contribution in [3.05, 3.63) is 58.7 Å². The zero-order valence-corrected chi connectivity index (χ0v) is 11.9. The Kier molecular flexibility index (Phi) is 2.97. The Labute approximate surface area is 118 Å². The van der Waals surface area contributed by atoms with E-state index in [0.717, 1.165) is 28.1 Å². The minimum Gasteiger partial charge on any atom is -0.473 e. The summed E-state index contributed by atoms with van der Waals surface area (Å²) in [7, 11) is 0. The Hall–Kier alpha value is -2.29. The standard InChI is InChI=1S/C17H17NO2/c1-10-9-11(2)14-15(12(10)3)20-16(17(19)18-14)13-7-5-4-6-8-13/h4-9,16H,1-3H3,(H,18,19). The van der Waals surface area contributed by atoms with E-state index in [4.69, 9.17) is 4.74 Å². The minimum atomic E-state index is -0.580. The minimum absolute atomic E-state index is 0.116. The number of carbonyl (C=O) groups excluding carboxylic acids is 1. The second-order valence-corrected chi connectivity index (χ2v) is 5.24. The van der Waals surface area contributed by atoms with Crippen LogP contribution in [0.25, 0.3) is 0 Å². The van der Waals surface area contributed by atoms with Gasteiger partial charge >= 0.3 is 0 Å². The van der Waals surface area contributed by atoms with Gasteiger partial charge in [0.25, 0.3) is 5.91 Å². The molecule has 20 heavy (non-hydrogen) atoms. The van der Waals surface area contributed by atoms with Gasteiger partial charge in [-0.3, -0.25) is 4.79 Å². The van der Waals surface area contributed by atoms with E-state index in [1.54, 1.807) is 0 Å². The summed E-state index contributed by atoms with van der Waals surface area (Å²) in [4.78, 5) is 12.3. The van der Waals surface area contributed by atoms with Crippen molar-refractivity contribution in [1.82, 2.24) is 0 Å². The third kappa shape index (κ3) is 1.95. The second kappa shape index (κ2) is 4.67. The third-order valence-corrected chi connectivity index (χ3v) is 3.81. The number of nitrogens with one attached hydrogen (secondary N) is 1. The average Bonchev–Trinajstić information content (AvgIpc) is 2.45. The lowest BCUT2D eigenvalue weighted by Gasteiger charge is -2.29. The normalized spacial score (nSPS) is 17.1. The van der Waals surface area contributed by atoms with Gasteiger partial charge < -0.3 is 10.1 Å². The zero-order chi connectivity index (χ0) is 14.3. The molecule has 0 aliphatic carbocycles. The molecule has 0 spiro atoms. The monoisotopic (exact) mass is 267 g/mol. The summed E-state index contributed by atoms with van der Waals surface area (Å²) in [5, 5.41) is 2.98. The Morgan fingerprint density at radius 3 is 2.45 bits per heavy atom. The molecule has 3 heteroatoms. The highest BCUT2D eigenvalue weighted by molar-refractivity contribution is 5.99. The molecule has 0 bridgehead atoms. The first kappa shape index (κ1) is 12.7. The van der Waals surface area contributed by atoms with Crippen LogP contribution < -0.4 is 10.1 Å². The fourth-order valence-electron chi connectivity index (χ4n) is 2.56. The van der Waals surface area contributed by atoms with E-state index in [0.29, 0.717) is 0 Å². The van der Waals surface area contributed by atoms with Crippen molar-refractivity contribution in [1.29, 1.82) is 0 Å². The molecule has 2 aromatic carbocycles. The van der Waals surface area contributed by atoms with Gasteiger partial charge in [0, 0.05) is 5.56 Å². The van der Waals surface area contributed by atoms with Crippen LogP contribution in [0.1, 0.15) is 28.4 Å². The summed E-state index contributed by atoms with van der Waals surface area (Å²) in [6, 6.07) is 11.6. The highest BCUT2D eigenvalue weighted by atomic mass is 16.5. The smallest absolute Gasteiger partial charge is 0.270 e. The van der Waals surface area contributed by atoms with Crippen molar-refractivity contribution in [3.8, 4) is 5.75 Å². The Bertz CT molecular complexity index is 677. The maximum Gasteiger partial charge on any atom is 0.270 e. The fourth-order valence-corrected chi connectivity index (χ4v) is 2.56. The fraction of sp³-hybridized carbons (Fsp3) is 0.235. The first-order chi connectivity index (χ1) is 9.58. The zero-order valence-electron chi connectivity index (χ0n) is 11.9. The maximum atomic E-state index is 12.3. The predicted octanol–water partition coefficient (Wildman–Crippen LogP) is 3.68. The highest BCUT2D eigenvalue weighted by Gasteiger charge is 2.31. The number of carbonyl (C=O) groups is 1. The molecule has 0 aromatic heterocycles. The van der Waals surface area contributed by atoms with Crippen LogP contribution in [0.4, 0.5) is 5.69 Å². The van der Waals surface area contributed by atoms with Gasteiger partial charge in [0.05, 0.1) is 5.69 Å². The average molecular weight is 267 g/mol. The van der Waals surface area contributed by atoms with E-state index >= 15 is 0 Å². The summed E-state index contributed by atoms with van der Waals surface area (Å²) in [5.41, 5.74) is 4.94. The van der Waals surface area contributed by atoms with Crippen LogP contribution >= 0.6 is 0 Å². The molecule has 0 saturated heterocycles. The van der Waals surface area contributed by atoms with Gasteiger partial charge in [-0.15, -0.1) is 0 Å². The summed E-state index contributed by atoms with van der Waals surface area (Å²) in [6.07, 6.45) is -0.580. The first-order valence-corrected chi connectivity index (χ1v) is 6.71. The number of benzene rings is 2. The van der Waals surface area contributed by atoms with Crippen molar-refractivity contribution in [2.75, 3.05) is 5.32 Å². The van der Waals surface area contributed by atoms with Gasteiger partial charge in [-0.2, -0.15) is 0 Å². The summed E-state index contributed by atoms with van der Waals surface area (Å²) in [6.45, 7) is 6.06. The van der Waals surface area contributed by atoms with Crippen molar-refractivity contribution in [2.45, 2.75) is 26.9 Å². The van der Waals surface area contributed by atoms with Crippen LogP contribution in [-0.4, -0.2) is 5.91 Å². The van der Waals surface area contributed by atoms with Crippen LogP contribution in [0.15, 0.2) is 36.4 Å². The maximum absolute atomic E-state index is 12.3. The van der Waals surface area contributed by atoms with Crippen LogP contribution in [0.5, 0.6) is 5.75 Å². The predicted molar refractivity (Wildman–Crippen MR) is 79.1 cm³/mol. The molecule has 2 aromatic rings. The van der Waals surface area contributed by atoms with Crippen LogP contribution in [0, 0.1) is 20.8 Å². The molecule has 1 N–H and O–H groups in total. The highest BCUT2D eigenvalue weighted by Crippen LogP contribution is 2.40. The molecule has 0 fully saturated rings. The molecular weight excluding hydrogens is 250 g/mol. The Balaban J connectivity index is 2.08. The molecular formula is C17H17NO2. The first-order valence-electron chi connectivity index (χ1n) is 6.71. The molecule has 3 rings (SSSR count). The number of fused-ring (bicyclic) bond motifs is 1. The van der Waals surface area contributed by atoms with E-state index in [1.807, 2.05) is 44.2 Å². The summed E-state index contributed by atoms with van der Waals surface area (Å²) in [5.74, 6) is 0.672. The summed E-state index contributed by atoms with van der Waals surface area (Å²) < 4.78 is 6.01. The van der Waals surface area contributed by atoms with Crippen molar-refractivity contribution >= 4 is 11.6 Å². The lowest BCUT2D eigenvalue weighted by atomic mass is 10.00. The molecule has 102 valence electrons. The molecule has 1 unspecified atom stereocenters.